The van der Waals surface area contributed by atoms with Crippen molar-refractivity contribution >= 4 is 17.8 Å². The third-order valence-electron chi connectivity index (χ3n) is 4.03. The summed E-state index contributed by atoms with van der Waals surface area (Å²) >= 11 is 0. The molecule has 1 aromatic heterocycles. The van der Waals surface area contributed by atoms with Gasteiger partial charge in [0.05, 0.1) is 24.1 Å². The number of ether oxygens (including phenoxy) is 1. The molecule has 0 saturated carbocycles. The van der Waals surface area contributed by atoms with E-state index in [-0.39, 0.29) is 17.0 Å². The molecule has 2 aromatic carbocycles. The van der Waals surface area contributed by atoms with E-state index in [1.54, 1.807) is 32.2 Å². The van der Waals surface area contributed by atoms with Gasteiger partial charge >= 0.3 is 5.97 Å². The lowest BCUT2D eigenvalue weighted by molar-refractivity contribution is 0.0696. The zero-order valence-corrected chi connectivity index (χ0v) is 14.8. The third-order valence-corrected chi connectivity index (χ3v) is 4.03. The number of hydrogen-bond donors (Lipinski definition) is 1. The van der Waals surface area contributed by atoms with Crippen LogP contribution in [0.15, 0.2) is 54.6 Å². The van der Waals surface area contributed by atoms with Crippen LogP contribution in [0.4, 0.5) is 0 Å². The number of aromatic carboxylic acids is 1. The number of carboxylic acid groups (broad SMARTS) is 1. The normalized spacial score (nSPS) is 10.9. The van der Waals surface area contributed by atoms with Crippen molar-refractivity contribution in [2.45, 2.75) is 6.92 Å². The first-order valence-electron chi connectivity index (χ1n) is 8.12. The second-order valence-electron chi connectivity index (χ2n) is 5.76. The summed E-state index contributed by atoms with van der Waals surface area (Å²) in [6.45, 7) is 1.74. The highest BCUT2D eigenvalue weighted by molar-refractivity contribution is 6.06. The Morgan fingerprint density at radius 2 is 1.74 bits per heavy atom. The number of methoxy groups -OCH3 is 1. The molecule has 1 N–H and O–H groups in total. The Morgan fingerprint density at radius 1 is 1.07 bits per heavy atom. The average Bonchev–Trinajstić information content (AvgIpc) is 3.08. The van der Waals surface area contributed by atoms with Crippen LogP contribution in [0, 0.1) is 6.92 Å². The minimum Gasteiger partial charge on any atom is -0.497 e. The molecule has 27 heavy (non-hydrogen) atoms. The lowest BCUT2D eigenvalue weighted by Crippen LogP contribution is -2.03. The summed E-state index contributed by atoms with van der Waals surface area (Å²) in [5, 5.41) is 16.9. The van der Waals surface area contributed by atoms with Gasteiger partial charge in [-0.1, -0.05) is 23.4 Å². The lowest BCUT2D eigenvalue weighted by Gasteiger charge is -2.03. The predicted molar refractivity (Wildman–Crippen MR) is 99.4 cm³/mol. The molecular weight excluding hydrogens is 346 g/mol. The third kappa shape index (κ3) is 3.92. The SMILES string of the molecule is COc1ccc(/C=C/C(=O)c2nnn(-c3ccc(C(=O)O)cc3)c2C)cc1. The maximum atomic E-state index is 12.4. The van der Waals surface area contributed by atoms with Crippen LogP contribution in [0.1, 0.15) is 32.1 Å². The summed E-state index contributed by atoms with van der Waals surface area (Å²) < 4.78 is 6.60. The van der Waals surface area contributed by atoms with Crippen molar-refractivity contribution in [3.8, 4) is 11.4 Å². The van der Waals surface area contributed by atoms with Crippen LogP contribution >= 0.6 is 0 Å². The van der Waals surface area contributed by atoms with Crippen LogP contribution in [0.5, 0.6) is 5.75 Å². The predicted octanol–water partition coefficient (Wildman–Crippen LogP) is 3.18. The van der Waals surface area contributed by atoms with Gasteiger partial charge < -0.3 is 9.84 Å². The molecule has 0 aliphatic rings. The summed E-state index contributed by atoms with van der Waals surface area (Å²) in [4.78, 5) is 23.4. The fourth-order valence-electron chi connectivity index (χ4n) is 2.51. The van der Waals surface area contributed by atoms with Crippen LogP contribution in [-0.2, 0) is 0 Å². The fourth-order valence-corrected chi connectivity index (χ4v) is 2.51. The highest BCUT2D eigenvalue weighted by atomic mass is 16.5. The van der Waals surface area contributed by atoms with Gasteiger partial charge in [0.15, 0.2) is 5.69 Å². The standard InChI is InChI=1S/C20H17N3O4/c1-13-19(18(24)12-5-14-3-10-17(27-2)11-4-14)21-22-23(13)16-8-6-15(7-9-16)20(25)26/h3-12H,1-2H3,(H,25,26)/b12-5+. The summed E-state index contributed by atoms with van der Waals surface area (Å²) in [6.07, 6.45) is 3.14. The summed E-state index contributed by atoms with van der Waals surface area (Å²) in [5.74, 6) is -0.528. The minimum atomic E-state index is -1.00. The maximum Gasteiger partial charge on any atom is 0.335 e. The second-order valence-corrected chi connectivity index (χ2v) is 5.76. The van der Waals surface area contributed by atoms with E-state index in [4.69, 9.17) is 9.84 Å². The van der Waals surface area contributed by atoms with E-state index >= 15 is 0 Å². The lowest BCUT2D eigenvalue weighted by atomic mass is 10.1. The Kier molecular flexibility index (Phi) is 5.12. The number of nitrogens with zero attached hydrogens (tertiary/aromatic N) is 3. The number of carboxylic acids is 1. The van der Waals surface area contributed by atoms with Crippen LogP contribution in [-0.4, -0.2) is 39.0 Å². The number of benzene rings is 2. The molecule has 0 saturated heterocycles. The molecule has 0 atom stereocenters. The Bertz CT molecular complexity index is 1000. The van der Waals surface area contributed by atoms with Gasteiger partial charge in [0, 0.05) is 0 Å². The van der Waals surface area contributed by atoms with Crippen LogP contribution in [0.3, 0.4) is 0 Å². The molecule has 7 heteroatoms. The molecule has 3 rings (SSSR count). The Morgan fingerprint density at radius 3 is 2.33 bits per heavy atom. The van der Waals surface area contributed by atoms with Gasteiger partial charge in [-0.05, 0) is 55.0 Å². The largest absolute Gasteiger partial charge is 0.497 e. The molecule has 0 fully saturated rings. The van der Waals surface area contributed by atoms with Crippen molar-refractivity contribution in [3.63, 3.8) is 0 Å². The van der Waals surface area contributed by atoms with E-state index < -0.39 is 5.97 Å². The number of allylic oxidation sites excluding steroid dienone is 1. The van der Waals surface area contributed by atoms with E-state index in [0.29, 0.717) is 11.4 Å². The number of rotatable bonds is 6. The smallest absolute Gasteiger partial charge is 0.335 e. The molecule has 7 nitrogen and oxygen atoms in total. The molecule has 136 valence electrons. The molecule has 3 aromatic rings. The number of ketones is 1. The summed E-state index contributed by atoms with van der Waals surface area (Å²) in [7, 11) is 1.59. The zero-order chi connectivity index (χ0) is 19.4. The highest BCUT2D eigenvalue weighted by Gasteiger charge is 2.15. The Balaban J connectivity index is 1.80. The quantitative estimate of drug-likeness (QED) is 0.534. The van der Waals surface area contributed by atoms with Gasteiger partial charge in [0.2, 0.25) is 5.78 Å². The molecule has 0 spiro atoms. The van der Waals surface area contributed by atoms with Crippen molar-refractivity contribution in [1.82, 2.24) is 15.0 Å². The van der Waals surface area contributed by atoms with E-state index in [1.807, 2.05) is 24.3 Å². The zero-order valence-electron chi connectivity index (χ0n) is 14.8. The van der Waals surface area contributed by atoms with Gasteiger partial charge in [-0.2, -0.15) is 0 Å². The van der Waals surface area contributed by atoms with Gasteiger partial charge in [0.25, 0.3) is 0 Å². The summed E-state index contributed by atoms with van der Waals surface area (Å²) in [5.41, 5.74) is 2.47. The molecule has 0 aliphatic heterocycles. The van der Waals surface area contributed by atoms with Crippen LogP contribution < -0.4 is 4.74 Å². The Labute approximate surface area is 155 Å². The van der Waals surface area contributed by atoms with Crippen molar-refractivity contribution in [3.05, 3.63) is 77.1 Å². The first kappa shape index (κ1) is 18.1. The van der Waals surface area contributed by atoms with Crippen molar-refractivity contribution in [1.29, 1.82) is 0 Å². The van der Waals surface area contributed by atoms with Crippen molar-refractivity contribution in [2.24, 2.45) is 0 Å². The van der Waals surface area contributed by atoms with Crippen LogP contribution in [0.2, 0.25) is 0 Å². The van der Waals surface area contributed by atoms with Crippen LogP contribution in [0.25, 0.3) is 11.8 Å². The van der Waals surface area contributed by atoms with Crippen molar-refractivity contribution < 1.29 is 19.4 Å². The molecule has 0 bridgehead atoms. The van der Waals surface area contributed by atoms with E-state index in [9.17, 15) is 9.59 Å². The molecule has 0 amide bonds. The average molecular weight is 363 g/mol. The van der Waals surface area contributed by atoms with Gasteiger partial charge in [-0.25, -0.2) is 9.48 Å². The van der Waals surface area contributed by atoms with Gasteiger partial charge in [0.1, 0.15) is 5.75 Å². The van der Waals surface area contributed by atoms with Crippen molar-refractivity contribution in [2.75, 3.05) is 7.11 Å². The topological polar surface area (TPSA) is 94.3 Å². The summed E-state index contributed by atoms with van der Waals surface area (Å²) in [6, 6.07) is 13.5. The Hall–Kier alpha value is -3.74. The van der Waals surface area contributed by atoms with E-state index in [0.717, 1.165) is 11.3 Å². The molecule has 0 radical (unpaired) electrons. The molecule has 0 aliphatic carbocycles. The number of carbonyl (C=O) groups is 2. The monoisotopic (exact) mass is 363 g/mol. The number of aromatic nitrogens is 3. The van der Waals surface area contributed by atoms with Gasteiger partial charge in [-0.3, -0.25) is 4.79 Å². The first-order valence-corrected chi connectivity index (χ1v) is 8.12. The molecule has 1 heterocycles. The first-order chi connectivity index (χ1) is 13.0. The molecule has 0 unspecified atom stereocenters. The number of hydrogen-bond acceptors (Lipinski definition) is 5. The second kappa shape index (κ2) is 7.65. The van der Waals surface area contributed by atoms with Gasteiger partial charge in [-0.15, -0.1) is 5.10 Å². The fraction of sp³-hybridized carbons (Fsp3) is 0.100. The number of carbonyl (C=O) groups excluding carboxylic acids is 1. The maximum absolute atomic E-state index is 12.4. The van der Waals surface area contributed by atoms with E-state index in [1.165, 1.54) is 22.9 Å². The molecular formula is C20H17N3O4. The minimum absolute atomic E-state index is 0.176. The van der Waals surface area contributed by atoms with E-state index in [2.05, 4.69) is 10.3 Å². The highest BCUT2D eigenvalue weighted by Crippen LogP contribution is 2.16.